The largest absolute Gasteiger partial charge is 0.381 e. The van der Waals surface area contributed by atoms with Crippen LogP contribution in [0.4, 0.5) is 0 Å². The molecule has 1 aliphatic heterocycles. The maximum absolute atomic E-state index is 4.94. The molecule has 0 aromatic carbocycles. The maximum Gasteiger partial charge on any atom is 0.0641 e. The van der Waals surface area contributed by atoms with Crippen molar-refractivity contribution in [1.82, 2.24) is 0 Å². The molecule has 0 spiro atoms. The smallest absolute Gasteiger partial charge is 0.0641 e. The van der Waals surface area contributed by atoms with Crippen molar-refractivity contribution in [3.63, 3.8) is 0 Å². The molecule has 1 saturated heterocycles. The van der Waals surface area contributed by atoms with Crippen LogP contribution < -0.4 is 0 Å². The molecule has 0 unspecified atom stereocenters. The number of rotatable bonds is 2. The van der Waals surface area contributed by atoms with E-state index in [0.717, 1.165) is 13.2 Å². The standard InChI is InChI=1S/2C4H8O/c1-2-4-5-3-1;1-3-4-5-2/h1-4H2;3H,1,4H2,2H3. The van der Waals surface area contributed by atoms with Gasteiger partial charge in [-0.1, -0.05) is 6.08 Å². The first-order valence-electron chi connectivity index (χ1n) is 3.59. The molecule has 1 aliphatic rings. The van der Waals surface area contributed by atoms with Crippen molar-refractivity contribution in [1.29, 1.82) is 0 Å². The van der Waals surface area contributed by atoms with E-state index in [9.17, 15) is 0 Å². The number of ether oxygens (including phenoxy) is 2. The van der Waals surface area contributed by atoms with E-state index in [-0.39, 0.29) is 0 Å². The van der Waals surface area contributed by atoms with Gasteiger partial charge in [-0.2, -0.15) is 0 Å². The van der Waals surface area contributed by atoms with Crippen molar-refractivity contribution in [3.05, 3.63) is 12.7 Å². The van der Waals surface area contributed by atoms with Crippen LogP contribution in [0.5, 0.6) is 0 Å². The topological polar surface area (TPSA) is 18.5 Å². The molecule has 10 heavy (non-hydrogen) atoms. The van der Waals surface area contributed by atoms with Crippen LogP contribution in [0.15, 0.2) is 12.7 Å². The van der Waals surface area contributed by atoms with Crippen LogP contribution in [0.1, 0.15) is 12.8 Å². The zero-order valence-electron chi connectivity index (χ0n) is 6.64. The Balaban J connectivity index is 0.000000162. The van der Waals surface area contributed by atoms with Gasteiger partial charge in [-0.15, -0.1) is 6.58 Å². The second kappa shape index (κ2) is 8.66. The zero-order chi connectivity index (χ0) is 7.66. The lowest BCUT2D eigenvalue weighted by molar-refractivity contribution is 0.198. The predicted octanol–water partition coefficient (Wildman–Crippen LogP) is 1.62. The molecule has 60 valence electrons. The molecule has 0 amide bonds. The summed E-state index contributed by atoms with van der Waals surface area (Å²) in [5.41, 5.74) is 0. The molecule has 0 atom stereocenters. The van der Waals surface area contributed by atoms with Crippen molar-refractivity contribution in [3.8, 4) is 0 Å². The van der Waals surface area contributed by atoms with Crippen molar-refractivity contribution in [2.24, 2.45) is 0 Å². The van der Waals surface area contributed by atoms with Gasteiger partial charge in [0.05, 0.1) is 6.61 Å². The summed E-state index contributed by atoms with van der Waals surface area (Å²) in [7, 11) is 1.64. The average molecular weight is 144 g/mol. The third kappa shape index (κ3) is 7.66. The Labute approximate surface area is 62.8 Å². The van der Waals surface area contributed by atoms with Crippen molar-refractivity contribution in [2.45, 2.75) is 12.8 Å². The average Bonchev–Trinajstić information content (AvgIpc) is 2.44. The Bertz CT molecular complexity index is 60.0. The second-order valence-corrected chi connectivity index (χ2v) is 2.06. The summed E-state index contributed by atoms with van der Waals surface area (Å²) in [5, 5.41) is 0. The summed E-state index contributed by atoms with van der Waals surface area (Å²) in [6.07, 6.45) is 4.26. The monoisotopic (exact) mass is 144 g/mol. The molecular formula is C8H16O2. The third-order valence-corrected chi connectivity index (χ3v) is 1.11. The van der Waals surface area contributed by atoms with Gasteiger partial charge < -0.3 is 9.47 Å². The summed E-state index contributed by atoms with van der Waals surface area (Å²) in [6, 6.07) is 0. The van der Waals surface area contributed by atoms with Crippen LogP contribution in [-0.2, 0) is 9.47 Å². The minimum absolute atomic E-state index is 0.653. The molecule has 0 radical (unpaired) electrons. The Morgan fingerprint density at radius 3 is 2.20 bits per heavy atom. The fourth-order valence-corrected chi connectivity index (χ4v) is 0.628. The fourth-order valence-electron chi connectivity index (χ4n) is 0.628. The third-order valence-electron chi connectivity index (χ3n) is 1.11. The minimum atomic E-state index is 0.653. The van der Waals surface area contributed by atoms with Gasteiger partial charge in [0.1, 0.15) is 0 Å². The summed E-state index contributed by atoms with van der Waals surface area (Å²) < 4.78 is 9.52. The van der Waals surface area contributed by atoms with E-state index >= 15 is 0 Å². The molecule has 2 nitrogen and oxygen atoms in total. The van der Waals surface area contributed by atoms with Crippen LogP contribution in [0.25, 0.3) is 0 Å². The lowest BCUT2D eigenvalue weighted by atomic mass is 10.4. The molecule has 2 heteroatoms. The van der Waals surface area contributed by atoms with Crippen LogP contribution in [0.2, 0.25) is 0 Å². The van der Waals surface area contributed by atoms with E-state index in [4.69, 9.17) is 4.74 Å². The summed E-state index contributed by atoms with van der Waals surface area (Å²) in [6.45, 7) is 6.08. The quantitative estimate of drug-likeness (QED) is 0.548. The Morgan fingerprint density at radius 2 is 2.10 bits per heavy atom. The highest BCUT2D eigenvalue weighted by Gasteiger charge is 1.94. The molecule has 1 heterocycles. The molecule has 1 rings (SSSR count). The van der Waals surface area contributed by atoms with Crippen LogP contribution >= 0.6 is 0 Å². The highest BCUT2D eigenvalue weighted by atomic mass is 16.5. The molecule has 0 aromatic rings. The normalized spacial score (nSPS) is 15.7. The summed E-state index contributed by atoms with van der Waals surface area (Å²) >= 11 is 0. The van der Waals surface area contributed by atoms with E-state index in [1.54, 1.807) is 13.2 Å². The molecular weight excluding hydrogens is 128 g/mol. The Hall–Kier alpha value is -0.340. The van der Waals surface area contributed by atoms with Crippen molar-refractivity contribution < 1.29 is 9.47 Å². The van der Waals surface area contributed by atoms with E-state index < -0.39 is 0 Å². The van der Waals surface area contributed by atoms with Gasteiger partial charge in [-0.3, -0.25) is 0 Å². The number of hydrogen-bond acceptors (Lipinski definition) is 2. The molecule has 0 saturated carbocycles. The van der Waals surface area contributed by atoms with E-state index in [0.29, 0.717) is 6.61 Å². The van der Waals surface area contributed by atoms with E-state index in [2.05, 4.69) is 11.3 Å². The van der Waals surface area contributed by atoms with Gasteiger partial charge in [0.2, 0.25) is 0 Å². The van der Waals surface area contributed by atoms with Crippen molar-refractivity contribution in [2.75, 3.05) is 26.9 Å². The van der Waals surface area contributed by atoms with Crippen molar-refractivity contribution >= 4 is 0 Å². The molecule has 1 fully saturated rings. The lowest BCUT2D eigenvalue weighted by Gasteiger charge is -1.79. The lowest BCUT2D eigenvalue weighted by Crippen LogP contribution is -1.76. The van der Waals surface area contributed by atoms with E-state index in [1.807, 2.05) is 0 Å². The Morgan fingerprint density at radius 1 is 1.50 bits per heavy atom. The van der Waals surface area contributed by atoms with Gasteiger partial charge in [0.15, 0.2) is 0 Å². The highest BCUT2D eigenvalue weighted by Crippen LogP contribution is 1.98. The molecule has 0 N–H and O–H groups in total. The molecule has 0 bridgehead atoms. The first-order chi connectivity index (χ1) is 4.91. The first-order valence-corrected chi connectivity index (χ1v) is 3.59. The second-order valence-electron chi connectivity index (χ2n) is 2.06. The highest BCUT2D eigenvalue weighted by molar-refractivity contribution is 4.62. The minimum Gasteiger partial charge on any atom is -0.381 e. The first kappa shape index (κ1) is 9.66. The fraction of sp³-hybridized carbons (Fsp3) is 0.750. The SMILES string of the molecule is C1CCOC1.C=CCOC. The summed E-state index contributed by atoms with van der Waals surface area (Å²) in [5.74, 6) is 0. The van der Waals surface area contributed by atoms with Gasteiger partial charge in [0, 0.05) is 20.3 Å². The molecule has 0 aromatic heterocycles. The maximum atomic E-state index is 4.94. The molecule has 0 aliphatic carbocycles. The Kier molecular flexibility index (Phi) is 8.37. The van der Waals surface area contributed by atoms with Crippen LogP contribution in [0, 0.1) is 0 Å². The van der Waals surface area contributed by atoms with Crippen LogP contribution in [0.3, 0.4) is 0 Å². The van der Waals surface area contributed by atoms with Gasteiger partial charge in [-0.05, 0) is 12.8 Å². The van der Waals surface area contributed by atoms with Gasteiger partial charge in [0.25, 0.3) is 0 Å². The predicted molar refractivity (Wildman–Crippen MR) is 42.1 cm³/mol. The van der Waals surface area contributed by atoms with Gasteiger partial charge >= 0.3 is 0 Å². The van der Waals surface area contributed by atoms with E-state index in [1.165, 1.54) is 12.8 Å². The number of methoxy groups -OCH3 is 1. The summed E-state index contributed by atoms with van der Waals surface area (Å²) in [4.78, 5) is 0. The number of hydrogen-bond donors (Lipinski definition) is 0. The van der Waals surface area contributed by atoms with Crippen LogP contribution in [-0.4, -0.2) is 26.9 Å². The zero-order valence-corrected chi connectivity index (χ0v) is 6.64. The van der Waals surface area contributed by atoms with Gasteiger partial charge in [-0.25, -0.2) is 0 Å².